The normalized spacial score (nSPS) is 40.2. The summed E-state index contributed by atoms with van der Waals surface area (Å²) in [4.78, 5) is 13.8. The fourth-order valence-corrected chi connectivity index (χ4v) is 4.23. The molecule has 0 amide bonds. The van der Waals surface area contributed by atoms with E-state index in [9.17, 15) is 9.90 Å². The van der Waals surface area contributed by atoms with Gasteiger partial charge in [0.2, 0.25) is 0 Å². The van der Waals surface area contributed by atoms with E-state index in [2.05, 4.69) is 10.2 Å². The second-order valence-corrected chi connectivity index (χ2v) is 6.18. The summed E-state index contributed by atoms with van der Waals surface area (Å²) in [7, 11) is 0. The molecule has 3 fully saturated rings. The second kappa shape index (κ2) is 5.17. The van der Waals surface area contributed by atoms with Gasteiger partial charge in [-0.15, -0.1) is 0 Å². The molecule has 0 aromatic carbocycles. The molecular formula is C14H24N2O2. The van der Waals surface area contributed by atoms with Crippen molar-refractivity contribution in [1.29, 1.82) is 0 Å². The first-order valence-corrected chi connectivity index (χ1v) is 7.46. The number of carbonyl (C=O) groups is 1. The van der Waals surface area contributed by atoms with Gasteiger partial charge in [0.15, 0.2) is 0 Å². The second-order valence-electron chi connectivity index (χ2n) is 6.18. The summed E-state index contributed by atoms with van der Waals surface area (Å²) in [6, 6.07) is 1.34. The molecule has 3 aliphatic rings. The van der Waals surface area contributed by atoms with Crippen LogP contribution >= 0.6 is 0 Å². The highest BCUT2D eigenvalue weighted by Gasteiger charge is 2.38. The molecule has 2 heterocycles. The molecule has 4 atom stereocenters. The molecule has 4 unspecified atom stereocenters. The van der Waals surface area contributed by atoms with Gasteiger partial charge in [-0.1, -0.05) is 6.42 Å². The fourth-order valence-electron chi connectivity index (χ4n) is 4.23. The largest absolute Gasteiger partial charge is 0.481 e. The summed E-state index contributed by atoms with van der Waals surface area (Å²) in [5.41, 5.74) is 0. The van der Waals surface area contributed by atoms with Gasteiger partial charge in [-0.3, -0.25) is 9.69 Å². The van der Waals surface area contributed by atoms with Crippen molar-refractivity contribution in [2.45, 2.75) is 50.6 Å². The summed E-state index contributed by atoms with van der Waals surface area (Å²) in [6.07, 6.45) is 6.96. The highest BCUT2D eigenvalue weighted by atomic mass is 16.4. The topological polar surface area (TPSA) is 52.6 Å². The lowest BCUT2D eigenvalue weighted by Gasteiger charge is -2.24. The van der Waals surface area contributed by atoms with Crippen LogP contribution in [-0.2, 0) is 4.79 Å². The van der Waals surface area contributed by atoms with Crippen molar-refractivity contribution in [3.8, 4) is 0 Å². The molecule has 2 saturated heterocycles. The Balaban J connectivity index is 1.50. The molecule has 2 N–H and O–H groups in total. The Morgan fingerprint density at radius 2 is 2.06 bits per heavy atom. The van der Waals surface area contributed by atoms with Gasteiger partial charge in [-0.25, -0.2) is 0 Å². The van der Waals surface area contributed by atoms with Gasteiger partial charge in [0.25, 0.3) is 0 Å². The SMILES string of the molecule is O=C(O)C1CCCC1CNC1CCN2CCCC12. The van der Waals surface area contributed by atoms with Gasteiger partial charge in [0.05, 0.1) is 5.92 Å². The lowest BCUT2D eigenvalue weighted by atomic mass is 9.95. The number of nitrogens with one attached hydrogen (secondary N) is 1. The number of hydrogen-bond acceptors (Lipinski definition) is 3. The van der Waals surface area contributed by atoms with E-state index in [0.29, 0.717) is 12.0 Å². The van der Waals surface area contributed by atoms with E-state index in [-0.39, 0.29) is 5.92 Å². The van der Waals surface area contributed by atoms with Crippen LogP contribution in [0.4, 0.5) is 0 Å². The van der Waals surface area contributed by atoms with Crippen LogP contribution in [0.1, 0.15) is 38.5 Å². The Morgan fingerprint density at radius 1 is 1.17 bits per heavy atom. The number of nitrogens with zero attached hydrogens (tertiary/aromatic N) is 1. The minimum atomic E-state index is -0.590. The molecule has 1 aliphatic carbocycles. The first-order valence-electron chi connectivity index (χ1n) is 7.46. The molecule has 4 heteroatoms. The molecule has 2 aliphatic heterocycles. The zero-order chi connectivity index (χ0) is 12.5. The molecule has 102 valence electrons. The number of carboxylic acids is 1. The first-order chi connectivity index (χ1) is 8.75. The van der Waals surface area contributed by atoms with E-state index < -0.39 is 5.97 Å². The van der Waals surface area contributed by atoms with E-state index in [1.807, 2.05) is 0 Å². The highest BCUT2D eigenvalue weighted by molar-refractivity contribution is 5.70. The Hall–Kier alpha value is -0.610. The van der Waals surface area contributed by atoms with E-state index in [1.165, 1.54) is 32.4 Å². The van der Waals surface area contributed by atoms with Crippen molar-refractivity contribution < 1.29 is 9.90 Å². The summed E-state index contributed by atoms with van der Waals surface area (Å²) in [5, 5.41) is 12.9. The van der Waals surface area contributed by atoms with Crippen molar-refractivity contribution in [3.63, 3.8) is 0 Å². The van der Waals surface area contributed by atoms with Crippen molar-refractivity contribution in [3.05, 3.63) is 0 Å². The number of carboxylic acid groups (broad SMARTS) is 1. The van der Waals surface area contributed by atoms with Crippen LogP contribution in [0, 0.1) is 11.8 Å². The molecular weight excluding hydrogens is 228 g/mol. The van der Waals surface area contributed by atoms with Crippen LogP contribution in [-0.4, -0.2) is 47.7 Å². The van der Waals surface area contributed by atoms with Gasteiger partial charge in [-0.05, 0) is 51.1 Å². The van der Waals surface area contributed by atoms with Crippen LogP contribution in [0.15, 0.2) is 0 Å². The number of aliphatic carboxylic acids is 1. The Bertz CT molecular complexity index is 321. The predicted molar refractivity (Wildman–Crippen MR) is 69.5 cm³/mol. The average Bonchev–Trinajstić information content (AvgIpc) is 3.03. The molecule has 3 rings (SSSR count). The fraction of sp³-hybridized carbons (Fsp3) is 0.929. The van der Waals surface area contributed by atoms with Gasteiger partial charge in [0, 0.05) is 18.6 Å². The molecule has 1 saturated carbocycles. The van der Waals surface area contributed by atoms with Gasteiger partial charge in [-0.2, -0.15) is 0 Å². The molecule has 4 nitrogen and oxygen atoms in total. The molecule has 0 radical (unpaired) electrons. The standard InChI is InChI=1S/C14H24N2O2/c17-14(18)11-4-1-3-10(11)9-15-12-6-8-16-7-2-5-13(12)16/h10-13,15H,1-9H2,(H,17,18). The third-order valence-corrected chi connectivity index (χ3v) is 5.22. The first kappa shape index (κ1) is 12.4. The van der Waals surface area contributed by atoms with Crippen molar-refractivity contribution >= 4 is 5.97 Å². The maximum Gasteiger partial charge on any atom is 0.306 e. The Morgan fingerprint density at radius 3 is 2.89 bits per heavy atom. The quantitative estimate of drug-likeness (QED) is 0.792. The molecule has 0 aromatic rings. The molecule has 0 aromatic heterocycles. The predicted octanol–water partition coefficient (Wildman–Crippen LogP) is 1.31. The zero-order valence-electron chi connectivity index (χ0n) is 11.0. The number of hydrogen-bond donors (Lipinski definition) is 2. The minimum absolute atomic E-state index is 0.0985. The lowest BCUT2D eigenvalue weighted by molar-refractivity contribution is -0.142. The van der Waals surface area contributed by atoms with Crippen LogP contribution < -0.4 is 5.32 Å². The molecule has 18 heavy (non-hydrogen) atoms. The minimum Gasteiger partial charge on any atom is -0.481 e. The third kappa shape index (κ3) is 2.28. The average molecular weight is 252 g/mol. The van der Waals surface area contributed by atoms with Crippen LogP contribution in [0.3, 0.4) is 0 Å². The van der Waals surface area contributed by atoms with Crippen molar-refractivity contribution in [2.24, 2.45) is 11.8 Å². The summed E-state index contributed by atoms with van der Waals surface area (Å²) in [5.74, 6) is -0.329. The van der Waals surface area contributed by atoms with Crippen LogP contribution in [0.2, 0.25) is 0 Å². The third-order valence-electron chi connectivity index (χ3n) is 5.22. The van der Waals surface area contributed by atoms with E-state index >= 15 is 0 Å². The smallest absolute Gasteiger partial charge is 0.306 e. The summed E-state index contributed by atoms with van der Waals surface area (Å²) < 4.78 is 0. The maximum absolute atomic E-state index is 11.2. The van der Waals surface area contributed by atoms with E-state index in [1.54, 1.807) is 0 Å². The monoisotopic (exact) mass is 252 g/mol. The summed E-state index contributed by atoms with van der Waals surface area (Å²) in [6.45, 7) is 3.41. The zero-order valence-corrected chi connectivity index (χ0v) is 11.0. The van der Waals surface area contributed by atoms with Gasteiger partial charge >= 0.3 is 5.97 Å². The number of rotatable bonds is 4. The van der Waals surface area contributed by atoms with Crippen molar-refractivity contribution in [2.75, 3.05) is 19.6 Å². The van der Waals surface area contributed by atoms with Crippen LogP contribution in [0.5, 0.6) is 0 Å². The molecule has 0 spiro atoms. The molecule has 0 bridgehead atoms. The van der Waals surface area contributed by atoms with E-state index in [0.717, 1.165) is 31.8 Å². The summed E-state index contributed by atoms with van der Waals surface area (Å²) >= 11 is 0. The Labute approximate surface area is 109 Å². The Kier molecular flexibility index (Phi) is 3.57. The van der Waals surface area contributed by atoms with Crippen molar-refractivity contribution in [1.82, 2.24) is 10.2 Å². The van der Waals surface area contributed by atoms with Crippen LogP contribution in [0.25, 0.3) is 0 Å². The lowest BCUT2D eigenvalue weighted by Crippen LogP contribution is -2.42. The van der Waals surface area contributed by atoms with Gasteiger partial charge in [0.1, 0.15) is 0 Å². The number of fused-ring (bicyclic) bond motifs is 1. The highest BCUT2D eigenvalue weighted by Crippen LogP contribution is 2.33. The maximum atomic E-state index is 11.2. The van der Waals surface area contributed by atoms with E-state index in [4.69, 9.17) is 0 Å². The van der Waals surface area contributed by atoms with Gasteiger partial charge < -0.3 is 10.4 Å².